The molecule has 27 heavy (non-hydrogen) atoms. The molecule has 4 rings (SSSR count). The van der Waals surface area contributed by atoms with E-state index in [4.69, 9.17) is 4.74 Å². The van der Waals surface area contributed by atoms with Crippen molar-refractivity contribution in [3.05, 3.63) is 78.4 Å². The van der Waals surface area contributed by atoms with Gasteiger partial charge >= 0.3 is 0 Å². The van der Waals surface area contributed by atoms with Crippen LogP contribution in [0.25, 0.3) is 6.08 Å². The fraction of sp³-hybridized carbons (Fsp3) is 0.261. The number of benzene rings is 2. The summed E-state index contributed by atoms with van der Waals surface area (Å²) in [4.78, 5) is 14.5. The Morgan fingerprint density at radius 2 is 2.04 bits per heavy atom. The number of ether oxygens (including phenoxy) is 1. The monoisotopic (exact) mass is 360 g/mol. The molecular formula is C23H24N2O2. The van der Waals surface area contributed by atoms with Gasteiger partial charge in [0.15, 0.2) is 0 Å². The standard InChI is InChI=1S/C23H24N2O2/c1-4-14-27-18-9-7-8-17(15-18)12-13-23-22(2,3)19-10-5-6-11-20(19)25(23)16-21(26)24-23/h4-13,15H,1,14,16H2,2-3H3,(H,24,26)/b13-12+/t23-/m1/s1. The second kappa shape index (κ2) is 6.31. The SMILES string of the molecule is C=CCOc1cccc(/C=C/[C@@]23NC(=O)CN2c2ccccc2C3(C)C)c1. The minimum atomic E-state index is -0.578. The van der Waals surface area contributed by atoms with Crippen LogP contribution >= 0.6 is 0 Å². The van der Waals surface area contributed by atoms with Crippen molar-refractivity contribution in [2.45, 2.75) is 24.9 Å². The van der Waals surface area contributed by atoms with Crippen LogP contribution in [0.4, 0.5) is 5.69 Å². The number of nitrogens with zero attached hydrogens (tertiary/aromatic N) is 1. The maximum absolute atomic E-state index is 12.3. The first-order chi connectivity index (χ1) is 13.0. The van der Waals surface area contributed by atoms with Gasteiger partial charge in [-0.05, 0) is 35.4 Å². The normalized spacial score (nSPS) is 22.4. The molecule has 2 heterocycles. The lowest BCUT2D eigenvalue weighted by Gasteiger charge is -2.40. The van der Waals surface area contributed by atoms with Gasteiger partial charge in [0.25, 0.3) is 0 Å². The summed E-state index contributed by atoms with van der Waals surface area (Å²) in [5.41, 5.74) is 2.56. The zero-order chi connectivity index (χ0) is 19.1. The van der Waals surface area contributed by atoms with Crippen LogP contribution in [-0.4, -0.2) is 24.7 Å². The first-order valence-corrected chi connectivity index (χ1v) is 9.19. The Labute approximate surface area is 160 Å². The lowest BCUT2D eigenvalue weighted by atomic mass is 9.75. The van der Waals surface area contributed by atoms with Crippen LogP contribution in [0.2, 0.25) is 0 Å². The lowest BCUT2D eigenvalue weighted by molar-refractivity contribution is -0.118. The van der Waals surface area contributed by atoms with E-state index in [-0.39, 0.29) is 11.3 Å². The summed E-state index contributed by atoms with van der Waals surface area (Å²) in [6.45, 7) is 8.90. The van der Waals surface area contributed by atoms with E-state index in [1.54, 1.807) is 6.08 Å². The topological polar surface area (TPSA) is 41.6 Å². The Kier molecular flexibility index (Phi) is 4.06. The van der Waals surface area contributed by atoms with Crippen LogP contribution in [0.1, 0.15) is 25.0 Å². The molecule has 4 heteroatoms. The van der Waals surface area contributed by atoms with Gasteiger partial charge in [-0.15, -0.1) is 0 Å². The van der Waals surface area contributed by atoms with Gasteiger partial charge in [0.1, 0.15) is 18.0 Å². The highest BCUT2D eigenvalue weighted by atomic mass is 16.5. The van der Waals surface area contributed by atoms with Crippen molar-refractivity contribution in [1.82, 2.24) is 5.32 Å². The Morgan fingerprint density at radius 1 is 1.22 bits per heavy atom. The number of nitrogens with one attached hydrogen (secondary N) is 1. The molecular weight excluding hydrogens is 336 g/mol. The fourth-order valence-corrected chi connectivity index (χ4v) is 4.22. The molecule has 4 nitrogen and oxygen atoms in total. The zero-order valence-electron chi connectivity index (χ0n) is 15.7. The van der Waals surface area contributed by atoms with E-state index < -0.39 is 5.66 Å². The maximum atomic E-state index is 12.3. The van der Waals surface area contributed by atoms with Gasteiger partial charge in [0, 0.05) is 11.1 Å². The molecule has 2 aliphatic heterocycles. The average molecular weight is 360 g/mol. The molecule has 0 bridgehead atoms. The van der Waals surface area contributed by atoms with E-state index >= 15 is 0 Å². The molecule has 1 atom stereocenters. The van der Waals surface area contributed by atoms with Crippen LogP contribution < -0.4 is 15.0 Å². The molecule has 1 saturated heterocycles. The highest BCUT2D eigenvalue weighted by molar-refractivity contribution is 5.91. The molecule has 2 aromatic carbocycles. The minimum Gasteiger partial charge on any atom is -0.490 e. The van der Waals surface area contributed by atoms with E-state index in [9.17, 15) is 4.79 Å². The van der Waals surface area contributed by atoms with Crippen molar-refractivity contribution in [2.75, 3.05) is 18.1 Å². The van der Waals surface area contributed by atoms with Crippen molar-refractivity contribution in [1.29, 1.82) is 0 Å². The van der Waals surface area contributed by atoms with Crippen molar-refractivity contribution >= 4 is 17.7 Å². The van der Waals surface area contributed by atoms with E-state index in [1.807, 2.05) is 30.3 Å². The number of carbonyl (C=O) groups excluding carboxylic acids is 1. The number of rotatable bonds is 5. The third-order valence-electron chi connectivity index (χ3n) is 5.62. The first-order valence-electron chi connectivity index (χ1n) is 9.19. The molecule has 0 radical (unpaired) electrons. The number of anilines is 1. The van der Waals surface area contributed by atoms with Gasteiger partial charge in [-0.2, -0.15) is 0 Å². The second-order valence-corrected chi connectivity index (χ2v) is 7.55. The molecule has 1 N–H and O–H groups in total. The predicted octanol–water partition coefficient (Wildman–Crippen LogP) is 3.89. The third-order valence-corrected chi connectivity index (χ3v) is 5.62. The number of carbonyl (C=O) groups is 1. The van der Waals surface area contributed by atoms with Crippen molar-refractivity contribution in [3.63, 3.8) is 0 Å². The summed E-state index contributed by atoms with van der Waals surface area (Å²) in [5, 5.41) is 3.24. The van der Waals surface area contributed by atoms with Crippen LogP contribution in [-0.2, 0) is 10.2 Å². The molecule has 1 fully saturated rings. The summed E-state index contributed by atoms with van der Waals surface area (Å²) in [6, 6.07) is 16.3. The summed E-state index contributed by atoms with van der Waals surface area (Å²) in [5.74, 6) is 0.848. The van der Waals surface area contributed by atoms with E-state index in [0.717, 1.165) is 17.0 Å². The average Bonchev–Trinajstić information content (AvgIpc) is 3.10. The van der Waals surface area contributed by atoms with Crippen LogP contribution in [0.15, 0.2) is 67.3 Å². The molecule has 0 aliphatic carbocycles. The molecule has 2 aromatic rings. The van der Waals surface area contributed by atoms with Crippen molar-refractivity contribution in [3.8, 4) is 5.75 Å². The van der Waals surface area contributed by atoms with Gasteiger partial charge in [-0.3, -0.25) is 4.79 Å². The lowest BCUT2D eigenvalue weighted by Crippen LogP contribution is -2.58. The van der Waals surface area contributed by atoms with Gasteiger partial charge in [-0.1, -0.05) is 62.9 Å². The molecule has 2 aliphatic rings. The Balaban J connectivity index is 1.73. The molecule has 0 aromatic heterocycles. The van der Waals surface area contributed by atoms with Gasteiger partial charge < -0.3 is 15.0 Å². The summed E-state index contributed by atoms with van der Waals surface area (Å²) in [7, 11) is 0. The maximum Gasteiger partial charge on any atom is 0.241 e. The van der Waals surface area contributed by atoms with Crippen LogP contribution in [0.3, 0.4) is 0 Å². The zero-order valence-corrected chi connectivity index (χ0v) is 15.7. The van der Waals surface area contributed by atoms with Gasteiger partial charge in [0.05, 0.1) is 6.54 Å². The number of amides is 1. The molecule has 1 amide bonds. The smallest absolute Gasteiger partial charge is 0.241 e. The quantitative estimate of drug-likeness (QED) is 0.823. The number of hydrogen-bond acceptors (Lipinski definition) is 3. The summed E-state index contributed by atoms with van der Waals surface area (Å²) in [6.07, 6.45) is 5.91. The minimum absolute atomic E-state index is 0.0466. The van der Waals surface area contributed by atoms with Gasteiger partial charge in [0.2, 0.25) is 5.91 Å². The van der Waals surface area contributed by atoms with Crippen molar-refractivity contribution < 1.29 is 9.53 Å². The Morgan fingerprint density at radius 3 is 2.85 bits per heavy atom. The molecule has 0 saturated carbocycles. The predicted molar refractivity (Wildman–Crippen MR) is 109 cm³/mol. The number of para-hydroxylation sites is 1. The van der Waals surface area contributed by atoms with Crippen LogP contribution in [0, 0.1) is 0 Å². The Hall–Kier alpha value is -3.01. The highest BCUT2D eigenvalue weighted by Gasteiger charge is 2.59. The molecule has 0 unspecified atom stereocenters. The molecule has 138 valence electrons. The van der Waals surface area contributed by atoms with E-state index in [0.29, 0.717) is 13.2 Å². The summed E-state index contributed by atoms with van der Waals surface area (Å²) < 4.78 is 5.63. The van der Waals surface area contributed by atoms with Crippen molar-refractivity contribution in [2.24, 2.45) is 0 Å². The third kappa shape index (κ3) is 2.64. The van der Waals surface area contributed by atoms with E-state index in [1.165, 1.54) is 5.56 Å². The molecule has 0 spiro atoms. The second-order valence-electron chi connectivity index (χ2n) is 7.55. The largest absolute Gasteiger partial charge is 0.490 e. The fourth-order valence-electron chi connectivity index (χ4n) is 4.22. The van der Waals surface area contributed by atoms with Gasteiger partial charge in [-0.25, -0.2) is 0 Å². The Bertz CT molecular complexity index is 931. The van der Waals surface area contributed by atoms with E-state index in [2.05, 4.69) is 61.0 Å². The summed E-state index contributed by atoms with van der Waals surface area (Å²) >= 11 is 0. The number of fused-ring (bicyclic) bond motifs is 3. The number of hydrogen-bond donors (Lipinski definition) is 1. The highest BCUT2D eigenvalue weighted by Crippen LogP contribution is 2.52. The first kappa shape index (κ1) is 17.4. The van der Waals surface area contributed by atoms with Crippen LogP contribution in [0.5, 0.6) is 5.75 Å².